The van der Waals surface area contributed by atoms with Gasteiger partial charge in [0, 0.05) is 10.9 Å². The number of rotatable bonds is 3. The van der Waals surface area contributed by atoms with E-state index in [1.807, 2.05) is 25.1 Å². The van der Waals surface area contributed by atoms with Crippen LogP contribution in [0.2, 0.25) is 0 Å². The maximum Gasteiger partial charge on any atom is 0.0901 e. The molecule has 3 rings (SSSR count). The highest BCUT2D eigenvalue weighted by Crippen LogP contribution is 2.22. The second-order valence-electron chi connectivity index (χ2n) is 4.62. The molecular weight excluding hydrogens is 262 g/mol. The standard InChI is InChI=1S/C18H15NS/c1-14-19-18(13-20-14)17-11-9-16(10-12-17)8-7-15-5-3-2-4-6-15/h2-13H,1H3/b8-7+. The second kappa shape index (κ2) is 5.85. The highest BCUT2D eigenvalue weighted by molar-refractivity contribution is 7.09. The summed E-state index contributed by atoms with van der Waals surface area (Å²) in [5.74, 6) is 0. The molecule has 1 aromatic heterocycles. The monoisotopic (exact) mass is 277 g/mol. The summed E-state index contributed by atoms with van der Waals surface area (Å²) in [6, 6.07) is 18.8. The van der Waals surface area contributed by atoms with Crippen molar-refractivity contribution in [2.24, 2.45) is 0 Å². The summed E-state index contributed by atoms with van der Waals surface area (Å²) in [6.07, 6.45) is 4.26. The molecule has 1 heterocycles. The van der Waals surface area contributed by atoms with E-state index in [2.05, 4.69) is 58.9 Å². The highest BCUT2D eigenvalue weighted by atomic mass is 32.1. The van der Waals surface area contributed by atoms with Crippen LogP contribution in [0.3, 0.4) is 0 Å². The maximum atomic E-state index is 4.50. The van der Waals surface area contributed by atoms with Gasteiger partial charge < -0.3 is 0 Å². The van der Waals surface area contributed by atoms with Crippen LogP contribution in [0.1, 0.15) is 16.1 Å². The van der Waals surface area contributed by atoms with Crippen LogP contribution in [0.25, 0.3) is 23.4 Å². The van der Waals surface area contributed by atoms with Crippen molar-refractivity contribution in [3.63, 3.8) is 0 Å². The van der Waals surface area contributed by atoms with Gasteiger partial charge in [-0.3, -0.25) is 0 Å². The molecule has 3 aromatic rings. The fourth-order valence-electron chi connectivity index (χ4n) is 2.02. The van der Waals surface area contributed by atoms with Crippen LogP contribution in [0.5, 0.6) is 0 Å². The number of nitrogens with zero attached hydrogens (tertiary/aromatic N) is 1. The molecule has 98 valence electrons. The number of hydrogen-bond acceptors (Lipinski definition) is 2. The lowest BCUT2D eigenvalue weighted by Crippen LogP contribution is -1.79. The molecule has 20 heavy (non-hydrogen) atoms. The molecule has 0 bridgehead atoms. The quantitative estimate of drug-likeness (QED) is 0.593. The molecule has 1 nitrogen and oxygen atoms in total. The lowest BCUT2D eigenvalue weighted by atomic mass is 10.1. The maximum absolute atomic E-state index is 4.50. The van der Waals surface area contributed by atoms with E-state index in [1.54, 1.807) is 11.3 Å². The minimum atomic E-state index is 1.06. The van der Waals surface area contributed by atoms with Crippen molar-refractivity contribution in [2.45, 2.75) is 6.92 Å². The number of aryl methyl sites for hydroxylation is 1. The van der Waals surface area contributed by atoms with Gasteiger partial charge in [0.15, 0.2) is 0 Å². The van der Waals surface area contributed by atoms with Gasteiger partial charge >= 0.3 is 0 Å². The SMILES string of the molecule is Cc1nc(-c2ccc(/C=C/c3ccccc3)cc2)cs1. The average molecular weight is 277 g/mol. The van der Waals surface area contributed by atoms with Crippen LogP contribution in [0.4, 0.5) is 0 Å². The molecule has 0 radical (unpaired) electrons. The molecular formula is C18H15NS. The Balaban J connectivity index is 1.78. The van der Waals surface area contributed by atoms with Crippen molar-refractivity contribution in [3.8, 4) is 11.3 Å². The zero-order valence-corrected chi connectivity index (χ0v) is 12.1. The van der Waals surface area contributed by atoms with Crippen LogP contribution in [0.15, 0.2) is 60.0 Å². The van der Waals surface area contributed by atoms with Crippen molar-refractivity contribution in [1.29, 1.82) is 0 Å². The van der Waals surface area contributed by atoms with Gasteiger partial charge in [-0.1, -0.05) is 66.7 Å². The summed E-state index contributed by atoms with van der Waals surface area (Å²) in [6.45, 7) is 2.03. The van der Waals surface area contributed by atoms with Crippen molar-refractivity contribution in [3.05, 3.63) is 76.1 Å². The van der Waals surface area contributed by atoms with Crippen LogP contribution in [0, 0.1) is 6.92 Å². The molecule has 0 aliphatic rings. The van der Waals surface area contributed by atoms with E-state index in [4.69, 9.17) is 0 Å². The summed E-state index contributed by atoms with van der Waals surface area (Å²) in [5.41, 5.74) is 4.65. The minimum Gasteiger partial charge on any atom is -0.242 e. The summed E-state index contributed by atoms with van der Waals surface area (Å²) in [5, 5.41) is 3.21. The first-order valence-corrected chi connectivity index (χ1v) is 7.45. The van der Waals surface area contributed by atoms with Gasteiger partial charge in [0.25, 0.3) is 0 Å². The first-order valence-electron chi connectivity index (χ1n) is 6.57. The number of hydrogen-bond donors (Lipinski definition) is 0. The largest absolute Gasteiger partial charge is 0.242 e. The van der Waals surface area contributed by atoms with Crippen molar-refractivity contribution in [2.75, 3.05) is 0 Å². The Labute approximate surface area is 123 Å². The smallest absolute Gasteiger partial charge is 0.0901 e. The first kappa shape index (κ1) is 12.8. The molecule has 0 fully saturated rings. The fraction of sp³-hybridized carbons (Fsp3) is 0.0556. The Kier molecular flexibility index (Phi) is 3.75. The molecule has 0 spiro atoms. The summed E-state index contributed by atoms with van der Waals surface area (Å²) in [7, 11) is 0. The van der Waals surface area contributed by atoms with Crippen molar-refractivity contribution >= 4 is 23.5 Å². The van der Waals surface area contributed by atoms with E-state index in [0.717, 1.165) is 10.7 Å². The zero-order valence-electron chi connectivity index (χ0n) is 11.3. The number of thiazole rings is 1. The lowest BCUT2D eigenvalue weighted by Gasteiger charge is -1.98. The molecule has 0 amide bonds. The van der Waals surface area contributed by atoms with E-state index in [1.165, 1.54) is 16.7 Å². The molecule has 0 saturated carbocycles. The van der Waals surface area contributed by atoms with Gasteiger partial charge in [0.2, 0.25) is 0 Å². The molecule has 2 heteroatoms. The summed E-state index contributed by atoms with van der Waals surface area (Å²) >= 11 is 1.69. The Morgan fingerprint density at radius 2 is 1.50 bits per heavy atom. The van der Waals surface area contributed by atoms with E-state index in [0.29, 0.717) is 0 Å². The van der Waals surface area contributed by atoms with Gasteiger partial charge in [0.1, 0.15) is 0 Å². The van der Waals surface area contributed by atoms with E-state index in [9.17, 15) is 0 Å². The summed E-state index contributed by atoms with van der Waals surface area (Å²) in [4.78, 5) is 4.50. The Morgan fingerprint density at radius 3 is 2.10 bits per heavy atom. The highest BCUT2D eigenvalue weighted by Gasteiger charge is 2.00. The third-order valence-corrected chi connectivity index (χ3v) is 3.87. The van der Waals surface area contributed by atoms with Crippen LogP contribution >= 0.6 is 11.3 Å². The molecule has 2 aromatic carbocycles. The van der Waals surface area contributed by atoms with E-state index in [-0.39, 0.29) is 0 Å². The summed E-state index contributed by atoms with van der Waals surface area (Å²) < 4.78 is 0. The number of benzene rings is 2. The lowest BCUT2D eigenvalue weighted by molar-refractivity contribution is 1.30. The third kappa shape index (κ3) is 3.03. The van der Waals surface area contributed by atoms with E-state index < -0.39 is 0 Å². The predicted octanol–water partition coefficient (Wildman–Crippen LogP) is 5.29. The molecule has 0 aliphatic heterocycles. The average Bonchev–Trinajstić information content (AvgIpc) is 2.93. The Hall–Kier alpha value is -2.19. The van der Waals surface area contributed by atoms with Gasteiger partial charge in [-0.15, -0.1) is 11.3 Å². The molecule has 0 unspecified atom stereocenters. The Morgan fingerprint density at radius 1 is 0.850 bits per heavy atom. The minimum absolute atomic E-state index is 1.06. The molecule has 0 N–H and O–H groups in total. The van der Waals surface area contributed by atoms with Crippen LogP contribution in [-0.2, 0) is 0 Å². The van der Waals surface area contributed by atoms with Gasteiger partial charge in [0.05, 0.1) is 10.7 Å². The normalized spacial score (nSPS) is 11.1. The van der Waals surface area contributed by atoms with Gasteiger partial charge in [-0.2, -0.15) is 0 Å². The van der Waals surface area contributed by atoms with E-state index >= 15 is 0 Å². The number of aromatic nitrogens is 1. The Bertz CT molecular complexity index is 709. The van der Waals surface area contributed by atoms with Gasteiger partial charge in [-0.25, -0.2) is 4.98 Å². The van der Waals surface area contributed by atoms with Crippen molar-refractivity contribution < 1.29 is 0 Å². The zero-order chi connectivity index (χ0) is 13.8. The van der Waals surface area contributed by atoms with Gasteiger partial charge in [-0.05, 0) is 18.1 Å². The van der Waals surface area contributed by atoms with Crippen molar-refractivity contribution in [1.82, 2.24) is 4.98 Å². The second-order valence-corrected chi connectivity index (χ2v) is 5.68. The predicted molar refractivity (Wildman–Crippen MR) is 87.7 cm³/mol. The molecule has 0 atom stereocenters. The topological polar surface area (TPSA) is 12.9 Å². The first-order chi connectivity index (χ1) is 9.81. The molecule has 0 saturated heterocycles. The van der Waals surface area contributed by atoms with Crippen LogP contribution < -0.4 is 0 Å². The third-order valence-electron chi connectivity index (χ3n) is 3.09. The fourth-order valence-corrected chi connectivity index (χ4v) is 2.64. The molecule has 0 aliphatic carbocycles. The van der Waals surface area contributed by atoms with Crippen LogP contribution in [-0.4, -0.2) is 4.98 Å².